The minimum Gasteiger partial charge on any atom is -0.372 e. The molecule has 1 amide bonds. The highest BCUT2D eigenvalue weighted by Gasteiger charge is 2.27. The Bertz CT molecular complexity index is 656. The van der Waals surface area contributed by atoms with E-state index in [9.17, 15) is 4.79 Å². The van der Waals surface area contributed by atoms with Crippen LogP contribution in [0, 0.1) is 5.41 Å². The molecule has 0 aliphatic carbocycles. The van der Waals surface area contributed by atoms with E-state index in [0.29, 0.717) is 19.0 Å². The van der Waals surface area contributed by atoms with E-state index in [4.69, 9.17) is 0 Å². The molecule has 1 aliphatic heterocycles. The average Bonchev–Trinajstić information content (AvgIpc) is 3.20. The fraction of sp³-hybridized carbons (Fsp3) is 0.619. The molecule has 1 heterocycles. The number of nitrogens with one attached hydrogen (secondary N) is 3. The first-order valence-electron chi connectivity index (χ1n) is 9.97. The molecule has 28 heavy (non-hydrogen) atoms. The molecule has 1 aromatic carbocycles. The van der Waals surface area contributed by atoms with Gasteiger partial charge in [0.1, 0.15) is 0 Å². The summed E-state index contributed by atoms with van der Waals surface area (Å²) in [4.78, 5) is 18.9. The maximum atomic E-state index is 12.2. The number of halogens is 1. The highest BCUT2D eigenvalue weighted by atomic mass is 127. The molecule has 0 bridgehead atoms. The van der Waals surface area contributed by atoms with Crippen LogP contribution < -0.4 is 20.9 Å². The highest BCUT2D eigenvalue weighted by molar-refractivity contribution is 14.0. The van der Waals surface area contributed by atoms with E-state index >= 15 is 0 Å². The number of anilines is 1. The monoisotopic (exact) mass is 501 g/mol. The van der Waals surface area contributed by atoms with Gasteiger partial charge in [0.2, 0.25) is 5.91 Å². The predicted molar refractivity (Wildman–Crippen MR) is 129 cm³/mol. The number of hydrogen-bond acceptors (Lipinski definition) is 3. The van der Waals surface area contributed by atoms with E-state index in [1.54, 1.807) is 7.05 Å². The van der Waals surface area contributed by atoms with E-state index in [2.05, 4.69) is 57.0 Å². The van der Waals surface area contributed by atoms with Crippen molar-refractivity contribution in [2.24, 2.45) is 10.4 Å². The maximum absolute atomic E-state index is 12.2. The first-order valence-corrected chi connectivity index (χ1v) is 9.97. The molecule has 1 aliphatic rings. The molecule has 7 heteroatoms. The molecule has 0 saturated carbocycles. The molecular formula is C21H36IN5O. The van der Waals surface area contributed by atoms with Crippen molar-refractivity contribution in [1.82, 2.24) is 16.0 Å². The van der Waals surface area contributed by atoms with Gasteiger partial charge in [0, 0.05) is 38.9 Å². The number of hydrogen-bond donors (Lipinski definition) is 3. The molecule has 2 rings (SSSR count). The van der Waals surface area contributed by atoms with Crippen molar-refractivity contribution in [3.63, 3.8) is 0 Å². The molecular weight excluding hydrogens is 465 g/mol. The zero-order valence-corrected chi connectivity index (χ0v) is 20.2. The minimum absolute atomic E-state index is 0. The van der Waals surface area contributed by atoms with E-state index in [-0.39, 0.29) is 35.9 Å². The molecule has 1 aromatic rings. The summed E-state index contributed by atoms with van der Waals surface area (Å²) >= 11 is 0. The second-order valence-electron chi connectivity index (χ2n) is 7.82. The third-order valence-electron chi connectivity index (χ3n) is 5.07. The smallest absolute Gasteiger partial charge is 0.227 e. The van der Waals surface area contributed by atoms with Crippen LogP contribution in [0.25, 0.3) is 0 Å². The molecule has 0 aromatic heterocycles. The van der Waals surface area contributed by atoms with Gasteiger partial charge in [-0.25, -0.2) is 0 Å². The number of guanidine groups is 1. The highest BCUT2D eigenvalue weighted by Crippen LogP contribution is 2.24. The normalized spacial score (nSPS) is 15.6. The van der Waals surface area contributed by atoms with E-state index in [1.165, 1.54) is 24.1 Å². The first kappa shape index (κ1) is 24.5. The quantitative estimate of drug-likeness (QED) is 0.305. The summed E-state index contributed by atoms with van der Waals surface area (Å²) in [5.41, 5.74) is 2.01. The summed E-state index contributed by atoms with van der Waals surface area (Å²) in [6.45, 7) is 11.4. The van der Waals surface area contributed by atoms with Crippen LogP contribution in [0.3, 0.4) is 0 Å². The largest absolute Gasteiger partial charge is 0.372 e. The molecule has 0 radical (unpaired) electrons. The Morgan fingerprint density at radius 2 is 1.93 bits per heavy atom. The number of carbonyl (C=O) groups is 1. The number of benzene rings is 1. The van der Waals surface area contributed by atoms with Gasteiger partial charge in [-0.2, -0.15) is 0 Å². The van der Waals surface area contributed by atoms with Crippen LogP contribution in [-0.4, -0.2) is 45.1 Å². The lowest BCUT2D eigenvalue weighted by Gasteiger charge is -2.26. The van der Waals surface area contributed by atoms with E-state index in [0.717, 1.165) is 13.1 Å². The van der Waals surface area contributed by atoms with Crippen LogP contribution in [0.15, 0.2) is 29.3 Å². The van der Waals surface area contributed by atoms with Crippen molar-refractivity contribution < 1.29 is 4.79 Å². The van der Waals surface area contributed by atoms with E-state index in [1.807, 2.05) is 20.8 Å². The number of amides is 1. The summed E-state index contributed by atoms with van der Waals surface area (Å²) in [6, 6.07) is 8.82. The van der Waals surface area contributed by atoms with Crippen molar-refractivity contribution in [3.05, 3.63) is 29.8 Å². The Labute approximate surface area is 187 Å². The van der Waals surface area contributed by atoms with Crippen LogP contribution >= 0.6 is 24.0 Å². The first-order chi connectivity index (χ1) is 12.9. The lowest BCUT2D eigenvalue weighted by molar-refractivity contribution is -0.128. The van der Waals surface area contributed by atoms with Crippen LogP contribution in [0.2, 0.25) is 0 Å². The fourth-order valence-corrected chi connectivity index (χ4v) is 3.23. The maximum Gasteiger partial charge on any atom is 0.227 e. The molecule has 3 N–H and O–H groups in total. The lowest BCUT2D eigenvalue weighted by Crippen LogP contribution is -2.48. The number of nitrogens with zero attached hydrogens (tertiary/aromatic N) is 2. The van der Waals surface area contributed by atoms with Crippen molar-refractivity contribution in [2.75, 3.05) is 38.1 Å². The summed E-state index contributed by atoms with van der Waals surface area (Å²) in [5.74, 6) is 0.741. The third kappa shape index (κ3) is 6.83. The standard InChI is InChI=1S/C21H35N5O.HI/c1-6-23-19(27)21(3,4)15-24-20(22-5)25-16(2)17-10-9-11-18(14-17)26-12-7-8-13-26;/h9-11,14,16H,6-8,12-13,15H2,1-5H3,(H,23,27)(H2,22,24,25);1H. The zero-order chi connectivity index (χ0) is 19.9. The van der Waals surface area contributed by atoms with Crippen molar-refractivity contribution in [1.29, 1.82) is 0 Å². The molecule has 158 valence electrons. The zero-order valence-electron chi connectivity index (χ0n) is 17.8. The van der Waals surface area contributed by atoms with Crippen molar-refractivity contribution >= 4 is 41.5 Å². The number of carbonyl (C=O) groups excluding carboxylic acids is 1. The molecule has 1 saturated heterocycles. The van der Waals surface area contributed by atoms with Crippen LogP contribution in [-0.2, 0) is 4.79 Å². The van der Waals surface area contributed by atoms with Crippen LogP contribution in [0.4, 0.5) is 5.69 Å². The van der Waals surface area contributed by atoms with Gasteiger partial charge in [0.25, 0.3) is 0 Å². The van der Waals surface area contributed by atoms with Crippen molar-refractivity contribution in [3.8, 4) is 0 Å². The van der Waals surface area contributed by atoms with Gasteiger partial charge in [-0.05, 0) is 58.2 Å². The molecule has 1 fully saturated rings. The van der Waals surface area contributed by atoms with Gasteiger partial charge in [-0.3, -0.25) is 9.79 Å². The summed E-state index contributed by atoms with van der Waals surface area (Å²) in [7, 11) is 1.75. The number of aliphatic imine (C=N–C) groups is 1. The SMILES string of the molecule is CCNC(=O)C(C)(C)CNC(=NC)NC(C)c1cccc(N2CCCC2)c1.I. The Kier molecular flexibility index (Phi) is 10.1. The summed E-state index contributed by atoms with van der Waals surface area (Å²) < 4.78 is 0. The Morgan fingerprint density at radius 1 is 1.25 bits per heavy atom. The van der Waals surface area contributed by atoms with Gasteiger partial charge >= 0.3 is 0 Å². The minimum atomic E-state index is -0.507. The van der Waals surface area contributed by atoms with Crippen LogP contribution in [0.5, 0.6) is 0 Å². The Morgan fingerprint density at radius 3 is 2.54 bits per heavy atom. The fourth-order valence-electron chi connectivity index (χ4n) is 3.23. The topological polar surface area (TPSA) is 68.8 Å². The molecule has 6 nitrogen and oxygen atoms in total. The second-order valence-corrected chi connectivity index (χ2v) is 7.82. The van der Waals surface area contributed by atoms with Gasteiger partial charge in [0.15, 0.2) is 5.96 Å². The average molecular weight is 501 g/mol. The second kappa shape index (κ2) is 11.5. The Hall–Kier alpha value is -1.51. The van der Waals surface area contributed by atoms with Gasteiger partial charge in [0.05, 0.1) is 11.5 Å². The van der Waals surface area contributed by atoms with Crippen molar-refractivity contribution in [2.45, 2.75) is 46.6 Å². The lowest BCUT2D eigenvalue weighted by atomic mass is 9.92. The van der Waals surface area contributed by atoms with Gasteiger partial charge < -0.3 is 20.9 Å². The Balaban J connectivity index is 0.00000392. The summed E-state index contributed by atoms with van der Waals surface area (Å²) in [6.07, 6.45) is 2.55. The summed E-state index contributed by atoms with van der Waals surface area (Å²) in [5, 5.41) is 9.60. The number of rotatable bonds is 7. The van der Waals surface area contributed by atoms with Crippen LogP contribution in [0.1, 0.15) is 52.1 Å². The molecule has 1 unspecified atom stereocenters. The van der Waals surface area contributed by atoms with E-state index < -0.39 is 5.41 Å². The van der Waals surface area contributed by atoms with Gasteiger partial charge in [-0.15, -0.1) is 24.0 Å². The molecule has 1 atom stereocenters. The predicted octanol–water partition coefficient (Wildman–Crippen LogP) is 3.29. The third-order valence-corrected chi connectivity index (χ3v) is 5.07. The molecule has 0 spiro atoms. The van der Waals surface area contributed by atoms with Gasteiger partial charge in [-0.1, -0.05) is 12.1 Å².